The number of nitrogens with zero attached hydrogens (tertiary/aromatic N) is 2. The van der Waals surface area contributed by atoms with Gasteiger partial charge in [-0.1, -0.05) is 57.5 Å². The van der Waals surface area contributed by atoms with E-state index in [2.05, 4.69) is 37.3 Å². The highest BCUT2D eigenvalue weighted by Crippen LogP contribution is 2.38. The van der Waals surface area contributed by atoms with Gasteiger partial charge in [-0.2, -0.15) is 18.8 Å². The summed E-state index contributed by atoms with van der Waals surface area (Å²) in [5, 5.41) is 9.27. The molecule has 0 atom stereocenters. The third-order valence-electron chi connectivity index (χ3n) is 4.45. The molecule has 0 unspecified atom stereocenters. The summed E-state index contributed by atoms with van der Waals surface area (Å²) >= 11 is 0. The second kappa shape index (κ2) is 13.5. The normalized spacial score (nSPS) is 14.8. The molecule has 1 saturated heterocycles. The molecule has 1 aliphatic rings. The highest BCUT2D eigenvalue weighted by atomic mass is 32.1. The molecule has 0 bridgehead atoms. The second-order valence-corrected chi connectivity index (χ2v) is 7.45. The Morgan fingerprint density at radius 3 is 1.96 bits per heavy atom. The minimum Gasteiger partial charge on any atom is -0.444 e. The van der Waals surface area contributed by atoms with Crippen molar-refractivity contribution in [1.29, 1.82) is 5.26 Å². The summed E-state index contributed by atoms with van der Waals surface area (Å²) in [6, 6.07) is 10.8. The van der Waals surface area contributed by atoms with Gasteiger partial charge in [-0.3, -0.25) is 0 Å². The van der Waals surface area contributed by atoms with Crippen molar-refractivity contribution in [2.45, 2.75) is 85.7 Å². The maximum atomic E-state index is 12.2. The predicted molar refractivity (Wildman–Crippen MR) is 123 cm³/mol. The number of hydrogen-bond donors (Lipinski definition) is 0. The standard InChI is InChI=1S/C19H26N2O2.2C2H6.H2S/c1-15-5-7-16(8-6-15)19(9-12-20)10-13-21(14-11-19)17(22)23-18(2,3)4;2*1-2;/h5-8H,9-11,13-14H2,1-4H3;2*1-2H3;1H2. The second-order valence-electron chi connectivity index (χ2n) is 7.45. The largest absolute Gasteiger partial charge is 0.444 e. The molecule has 1 aromatic rings. The first-order valence-electron chi connectivity index (χ1n) is 10.2. The Bertz CT molecular complexity index is 593. The maximum absolute atomic E-state index is 12.2. The molecule has 1 heterocycles. The van der Waals surface area contributed by atoms with Crippen molar-refractivity contribution in [1.82, 2.24) is 4.90 Å². The minimum atomic E-state index is -0.477. The van der Waals surface area contributed by atoms with Gasteiger partial charge in [-0.15, -0.1) is 0 Å². The van der Waals surface area contributed by atoms with Crippen LogP contribution in [0.15, 0.2) is 24.3 Å². The molecule has 1 aromatic carbocycles. The van der Waals surface area contributed by atoms with Gasteiger partial charge in [0.2, 0.25) is 0 Å². The highest BCUT2D eigenvalue weighted by Gasteiger charge is 2.38. The summed E-state index contributed by atoms with van der Waals surface area (Å²) < 4.78 is 5.45. The Kier molecular flexibility index (Phi) is 13.8. The Balaban J connectivity index is 0. The molecule has 2 rings (SSSR count). The zero-order valence-corrected chi connectivity index (χ0v) is 20.1. The lowest BCUT2D eigenvalue weighted by atomic mass is 9.71. The number of rotatable bonds is 2. The van der Waals surface area contributed by atoms with E-state index in [1.165, 1.54) is 11.1 Å². The number of aryl methyl sites for hydroxylation is 1. The van der Waals surface area contributed by atoms with Crippen molar-refractivity contribution in [2.24, 2.45) is 0 Å². The molecule has 0 spiro atoms. The van der Waals surface area contributed by atoms with Crippen molar-refractivity contribution < 1.29 is 9.53 Å². The van der Waals surface area contributed by atoms with Crippen LogP contribution in [0.1, 0.15) is 78.9 Å². The van der Waals surface area contributed by atoms with Gasteiger partial charge in [0.1, 0.15) is 5.60 Å². The van der Waals surface area contributed by atoms with E-state index < -0.39 is 5.60 Å². The van der Waals surface area contributed by atoms with Crippen molar-refractivity contribution in [2.75, 3.05) is 13.1 Å². The molecule has 1 fully saturated rings. The number of likely N-dealkylation sites (tertiary alicyclic amines) is 1. The zero-order valence-electron chi connectivity index (χ0n) is 19.1. The molecule has 28 heavy (non-hydrogen) atoms. The van der Waals surface area contributed by atoms with Gasteiger partial charge < -0.3 is 9.64 Å². The molecule has 0 aromatic heterocycles. The fourth-order valence-corrected chi connectivity index (χ4v) is 3.07. The van der Waals surface area contributed by atoms with Gasteiger partial charge in [0.05, 0.1) is 6.07 Å². The smallest absolute Gasteiger partial charge is 0.410 e. The minimum absolute atomic E-state index is 0. The van der Waals surface area contributed by atoms with Crippen LogP contribution in [0.5, 0.6) is 0 Å². The molecule has 0 aliphatic carbocycles. The molecule has 0 radical (unpaired) electrons. The summed E-state index contributed by atoms with van der Waals surface area (Å²) in [5.41, 5.74) is 1.79. The van der Waals surface area contributed by atoms with E-state index in [0.29, 0.717) is 19.5 Å². The van der Waals surface area contributed by atoms with Crippen LogP contribution < -0.4 is 0 Å². The van der Waals surface area contributed by atoms with E-state index >= 15 is 0 Å². The van der Waals surface area contributed by atoms with Crippen LogP contribution in [0.3, 0.4) is 0 Å². The van der Waals surface area contributed by atoms with E-state index in [1.807, 2.05) is 48.5 Å². The Hall–Kier alpha value is -1.67. The van der Waals surface area contributed by atoms with Crippen molar-refractivity contribution in [3.63, 3.8) is 0 Å². The van der Waals surface area contributed by atoms with Crippen LogP contribution >= 0.6 is 13.5 Å². The van der Waals surface area contributed by atoms with E-state index in [-0.39, 0.29) is 25.0 Å². The first kappa shape index (κ1) is 28.5. The third kappa shape index (κ3) is 8.56. The Morgan fingerprint density at radius 2 is 1.57 bits per heavy atom. The molecule has 160 valence electrons. The van der Waals surface area contributed by atoms with E-state index in [0.717, 1.165) is 12.8 Å². The summed E-state index contributed by atoms with van der Waals surface area (Å²) in [4.78, 5) is 14.0. The molecule has 5 heteroatoms. The number of amides is 1. The molecule has 0 N–H and O–H groups in total. The summed E-state index contributed by atoms with van der Waals surface area (Å²) in [6.07, 6.45) is 1.82. The van der Waals surface area contributed by atoms with Crippen molar-refractivity contribution >= 4 is 19.6 Å². The number of nitriles is 1. The number of benzene rings is 1. The van der Waals surface area contributed by atoms with Gasteiger partial charge in [0, 0.05) is 24.9 Å². The lowest BCUT2D eigenvalue weighted by Gasteiger charge is -2.41. The van der Waals surface area contributed by atoms with Crippen LogP contribution in [-0.4, -0.2) is 29.7 Å². The summed E-state index contributed by atoms with van der Waals surface area (Å²) in [6.45, 7) is 16.9. The lowest BCUT2D eigenvalue weighted by Crippen LogP contribution is -2.46. The van der Waals surface area contributed by atoms with Crippen LogP contribution in [-0.2, 0) is 10.2 Å². The van der Waals surface area contributed by atoms with Gasteiger partial charge in [-0.05, 0) is 46.1 Å². The first-order valence-corrected chi connectivity index (χ1v) is 10.2. The topological polar surface area (TPSA) is 53.3 Å². The van der Waals surface area contributed by atoms with E-state index in [1.54, 1.807) is 4.90 Å². The quantitative estimate of drug-likeness (QED) is 0.573. The van der Waals surface area contributed by atoms with Gasteiger partial charge in [0.25, 0.3) is 0 Å². The Morgan fingerprint density at radius 1 is 1.11 bits per heavy atom. The van der Waals surface area contributed by atoms with E-state index in [9.17, 15) is 10.1 Å². The number of hydrogen-bond acceptors (Lipinski definition) is 3. The number of ether oxygens (including phenoxy) is 1. The summed E-state index contributed by atoms with van der Waals surface area (Å²) in [5.74, 6) is 0. The van der Waals surface area contributed by atoms with E-state index in [4.69, 9.17) is 4.74 Å². The molecule has 1 aliphatic heterocycles. The molecule has 1 amide bonds. The van der Waals surface area contributed by atoms with Crippen LogP contribution in [0.2, 0.25) is 0 Å². The van der Waals surface area contributed by atoms with Gasteiger partial charge in [-0.25, -0.2) is 4.79 Å². The molecular weight excluding hydrogens is 368 g/mol. The van der Waals surface area contributed by atoms with Gasteiger partial charge >= 0.3 is 6.09 Å². The molecular formula is C23H40N2O2S. The maximum Gasteiger partial charge on any atom is 0.410 e. The lowest BCUT2D eigenvalue weighted by molar-refractivity contribution is 0.0165. The van der Waals surface area contributed by atoms with Crippen LogP contribution in [0.25, 0.3) is 0 Å². The highest BCUT2D eigenvalue weighted by molar-refractivity contribution is 7.59. The predicted octanol–water partition coefficient (Wildman–Crippen LogP) is 6.34. The Labute approximate surface area is 179 Å². The van der Waals surface area contributed by atoms with Gasteiger partial charge in [0.15, 0.2) is 0 Å². The average molecular weight is 409 g/mol. The number of piperidine rings is 1. The first-order chi connectivity index (χ1) is 12.8. The SMILES string of the molecule is CC.CC.Cc1ccc(C2(CC#N)CCN(C(=O)OC(C)(C)C)CC2)cc1.S. The fraction of sp³-hybridized carbons (Fsp3) is 0.652. The third-order valence-corrected chi connectivity index (χ3v) is 4.45. The number of carbonyl (C=O) groups is 1. The van der Waals surface area contributed by atoms with Crippen LogP contribution in [0.4, 0.5) is 4.79 Å². The van der Waals surface area contributed by atoms with Crippen molar-refractivity contribution in [3.8, 4) is 6.07 Å². The average Bonchev–Trinajstić information content (AvgIpc) is 2.65. The molecule has 0 saturated carbocycles. The molecule has 4 nitrogen and oxygen atoms in total. The number of carbonyl (C=O) groups excluding carboxylic acids is 1. The monoisotopic (exact) mass is 408 g/mol. The van der Waals surface area contributed by atoms with Crippen molar-refractivity contribution in [3.05, 3.63) is 35.4 Å². The van der Waals surface area contributed by atoms with Crippen LogP contribution in [0, 0.1) is 18.3 Å². The fourth-order valence-electron chi connectivity index (χ4n) is 3.07. The summed E-state index contributed by atoms with van der Waals surface area (Å²) in [7, 11) is 0. The zero-order chi connectivity index (χ0) is 21.1.